The van der Waals surface area contributed by atoms with Crippen molar-refractivity contribution in [3.63, 3.8) is 0 Å². The second-order valence-corrected chi connectivity index (χ2v) is 14.6. The van der Waals surface area contributed by atoms with Crippen molar-refractivity contribution < 1.29 is 17.7 Å². The first kappa shape index (κ1) is 24.9. The normalized spacial score (nSPS) is 13.1. The van der Waals surface area contributed by atoms with E-state index in [4.69, 9.17) is 4.74 Å². The van der Waals surface area contributed by atoms with E-state index >= 15 is 0 Å². The summed E-state index contributed by atoms with van der Waals surface area (Å²) in [6.07, 6.45) is 4.55. The molecule has 0 radical (unpaired) electrons. The lowest BCUT2D eigenvalue weighted by Gasteiger charge is -2.17. The number of allylic oxidation sites excluding steroid dienone is 1. The average molecular weight is 513 g/mol. The lowest BCUT2D eigenvalue weighted by atomic mass is 10.2. The summed E-state index contributed by atoms with van der Waals surface area (Å²) in [5.74, 6) is 1.36. The van der Waals surface area contributed by atoms with Crippen LogP contribution in [0.1, 0.15) is 25.1 Å². The molecule has 1 aromatic heterocycles. The summed E-state index contributed by atoms with van der Waals surface area (Å²) in [5, 5.41) is 6.58. The summed E-state index contributed by atoms with van der Waals surface area (Å²) >= 11 is 0. The van der Waals surface area contributed by atoms with E-state index in [-0.39, 0.29) is 4.90 Å². The summed E-state index contributed by atoms with van der Waals surface area (Å²) in [6, 6.07) is 12.2. The maximum Gasteiger partial charge on any atom is 0.229 e. The van der Waals surface area contributed by atoms with Crippen molar-refractivity contribution in [1.82, 2.24) is 9.97 Å². The van der Waals surface area contributed by atoms with Gasteiger partial charge < -0.3 is 19.9 Å². The van der Waals surface area contributed by atoms with Crippen LogP contribution in [0.4, 0.5) is 23.1 Å². The van der Waals surface area contributed by atoms with Crippen LogP contribution in [0.5, 0.6) is 5.75 Å². The molecule has 0 bridgehead atoms. The van der Waals surface area contributed by atoms with Gasteiger partial charge in [0.05, 0.1) is 34.3 Å². The highest BCUT2D eigenvalue weighted by molar-refractivity contribution is 7.92. The third-order valence-corrected chi connectivity index (χ3v) is 9.47. The van der Waals surface area contributed by atoms with Crippen molar-refractivity contribution in [1.29, 1.82) is 0 Å². The molecule has 8 nitrogen and oxygen atoms in total. The van der Waals surface area contributed by atoms with Gasteiger partial charge in [-0.05, 0) is 57.5 Å². The number of anilines is 4. The third kappa shape index (κ3) is 5.11. The molecule has 2 N–H and O–H groups in total. The summed E-state index contributed by atoms with van der Waals surface area (Å²) in [7, 11) is -4.41. The lowest BCUT2D eigenvalue weighted by molar-refractivity contribution is 0.417. The van der Waals surface area contributed by atoms with Gasteiger partial charge in [-0.15, -0.1) is 0 Å². The van der Waals surface area contributed by atoms with Crippen LogP contribution in [-0.4, -0.2) is 44.1 Å². The van der Waals surface area contributed by atoms with E-state index < -0.39 is 22.2 Å². The molecule has 1 heterocycles. The molecular weight excluding hydrogens is 483 g/mol. The van der Waals surface area contributed by atoms with Crippen LogP contribution in [0.3, 0.4) is 0 Å². The number of nitrogens with zero attached hydrogens (tertiary/aromatic N) is 2. The molecule has 0 saturated carbocycles. The number of fused-ring (bicyclic) bond motifs is 1. The Morgan fingerprint density at radius 2 is 1.77 bits per heavy atom. The van der Waals surface area contributed by atoms with Gasteiger partial charge in [-0.2, -0.15) is 4.98 Å². The van der Waals surface area contributed by atoms with Gasteiger partial charge >= 0.3 is 0 Å². The van der Waals surface area contributed by atoms with E-state index in [2.05, 4.69) is 20.6 Å². The van der Waals surface area contributed by atoms with Crippen molar-refractivity contribution in [2.24, 2.45) is 0 Å². The van der Waals surface area contributed by atoms with Crippen molar-refractivity contribution in [3.05, 3.63) is 59.8 Å². The number of methoxy groups -OCH3 is 1. The van der Waals surface area contributed by atoms with Crippen LogP contribution < -0.4 is 20.7 Å². The number of hydrogen-bond donors (Lipinski definition) is 2. The predicted octanol–water partition coefficient (Wildman–Crippen LogP) is 4.97. The molecule has 10 heteroatoms. The second kappa shape index (κ2) is 9.47. The Kier molecular flexibility index (Phi) is 6.75. The molecule has 0 atom stereocenters. The highest BCUT2D eigenvalue weighted by Gasteiger charge is 2.24. The van der Waals surface area contributed by atoms with Gasteiger partial charge in [-0.3, -0.25) is 0 Å². The highest BCUT2D eigenvalue weighted by Crippen LogP contribution is 2.38. The van der Waals surface area contributed by atoms with Gasteiger partial charge in [0.1, 0.15) is 18.7 Å². The molecule has 1 aliphatic carbocycles. The minimum absolute atomic E-state index is 0.222. The summed E-state index contributed by atoms with van der Waals surface area (Å²) in [6.45, 7) is 6.74. The Hall–Kier alpha value is -3.16. The topological polar surface area (TPSA) is 110 Å². The first-order chi connectivity index (χ1) is 16.5. The molecule has 0 spiro atoms. The molecule has 0 unspecified atom stereocenters. The first-order valence-electron chi connectivity index (χ1n) is 11.2. The van der Waals surface area contributed by atoms with Gasteiger partial charge in [-0.25, -0.2) is 13.4 Å². The number of rotatable bonds is 8. The van der Waals surface area contributed by atoms with Crippen LogP contribution in [0.2, 0.25) is 0 Å². The number of hydrogen-bond acceptors (Lipinski definition) is 8. The van der Waals surface area contributed by atoms with Gasteiger partial charge in [-0.1, -0.05) is 24.3 Å². The first-order valence-corrected chi connectivity index (χ1v) is 15.3. The van der Waals surface area contributed by atoms with E-state index in [1.807, 2.05) is 12.2 Å². The molecule has 2 aromatic carbocycles. The molecule has 0 saturated heterocycles. The van der Waals surface area contributed by atoms with E-state index in [9.17, 15) is 13.0 Å². The van der Waals surface area contributed by atoms with Crippen molar-refractivity contribution >= 4 is 51.5 Å². The minimum atomic E-state index is -3.50. The number of para-hydroxylation sites is 1. The Labute approximate surface area is 206 Å². The molecule has 184 valence electrons. The minimum Gasteiger partial charge on any atom is -0.495 e. The fourth-order valence-electron chi connectivity index (χ4n) is 3.72. The van der Waals surface area contributed by atoms with Crippen molar-refractivity contribution in [2.75, 3.05) is 31.1 Å². The van der Waals surface area contributed by atoms with Gasteiger partial charge in [0.15, 0.2) is 9.84 Å². The Balaban J connectivity index is 1.73. The van der Waals surface area contributed by atoms with Gasteiger partial charge in [0.25, 0.3) is 0 Å². The number of ether oxygens (including phenoxy) is 1. The molecule has 0 amide bonds. The largest absolute Gasteiger partial charge is 0.495 e. The molecule has 3 aromatic rings. The van der Waals surface area contributed by atoms with E-state index in [1.165, 1.54) is 0 Å². The zero-order chi connectivity index (χ0) is 25.4. The third-order valence-electron chi connectivity index (χ3n) is 5.74. The number of nitrogens with one attached hydrogen (secondary N) is 2. The zero-order valence-electron chi connectivity index (χ0n) is 20.4. The van der Waals surface area contributed by atoms with E-state index in [0.29, 0.717) is 40.6 Å². The Morgan fingerprint density at radius 1 is 1.03 bits per heavy atom. The molecule has 4 rings (SSSR count). The monoisotopic (exact) mass is 512 g/mol. The summed E-state index contributed by atoms with van der Waals surface area (Å²) in [5.41, 5.74) is 2.71. The Bertz CT molecular complexity index is 1460. The summed E-state index contributed by atoms with van der Waals surface area (Å²) in [4.78, 5) is 9.53. The lowest BCUT2D eigenvalue weighted by Crippen LogP contribution is -2.16. The molecule has 0 fully saturated rings. The Morgan fingerprint density at radius 3 is 2.46 bits per heavy atom. The quantitative estimate of drug-likeness (QED) is 0.407. The molecule has 1 aliphatic rings. The van der Waals surface area contributed by atoms with Crippen molar-refractivity contribution in [3.8, 4) is 5.75 Å². The smallest absolute Gasteiger partial charge is 0.229 e. The zero-order valence-corrected chi connectivity index (χ0v) is 22.1. The van der Waals surface area contributed by atoms with Crippen LogP contribution in [0.25, 0.3) is 6.08 Å². The molecule has 0 aliphatic heterocycles. The van der Waals surface area contributed by atoms with Crippen LogP contribution >= 0.6 is 7.14 Å². The van der Waals surface area contributed by atoms with E-state index in [0.717, 1.165) is 11.3 Å². The maximum atomic E-state index is 12.9. The van der Waals surface area contributed by atoms with Gasteiger partial charge in [0.2, 0.25) is 5.95 Å². The maximum absolute atomic E-state index is 12.9. The fraction of sp³-hybridized carbons (Fsp3) is 0.280. The van der Waals surface area contributed by atoms with Crippen LogP contribution in [-0.2, 0) is 20.8 Å². The summed E-state index contributed by atoms with van der Waals surface area (Å²) < 4.78 is 43.8. The van der Waals surface area contributed by atoms with E-state index in [1.54, 1.807) is 76.8 Å². The number of benzene rings is 2. The van der Waals surface area contributed by atoms with Crippen LogP contribution in [0, 0.1) is 0 Å². The number of aromatic nitrogens is 2. The average Bonchev–Trinajstić information content (AvgIpc) is 3.28. The van der Waals surface area contributed by atoms with Gasteiger partial charge in [0, 0.05) is 17.3 Å². The molecular formula is C25H29N4O4PS. The second-order valence-electron chi connectivity index (χ2n) is 8.94. The molecule has 35 heavy (non-hydrogen) atoms. The fourth-order valence-corrected chi connectivity index (χ4v) is 5.79. The number of sulfone groups is 1. The highest BCUT2D eigenvalue weighted by atomic mass is 32.2. The predicted molar refractivity (Wildman–Crippen MR) is 142 cm³/mol. The standard InChI is InChI=1S/C25H29N4O4PS/c1-16(2)35(31,32)23-12-7-6-10-21(23)26-24-18-9-8-11-19(18)27-25(29-24)28-20-14-13-17(34(4,5)30)15-22(20)33-3/h6-10,12-16H,11H2,1-5H3,(H2,26,27,28,29). The van der Waals surface area contributed by atoms with Crippen LogP contribution in [0.15, 0.2) is 53.4 Å². The SMILES string of the molecule is COc1cc(P(C)(C)=O)ccc1Nc1nc2c(c(Nc3ccccc3S(=O)(=O)C(C)C)n1)C=CC2. The van der Waals surface area contributed by atoms with Crippen molar-refractivity contribution in [2.45, 2.75) is 30.4 Å².